The molecule has 0 aliphatic heterocycles. The van der Waals surface area contributed by atoms with Crippen LogP contribution < -0.4 is 0 Å². The van der Waals surface area contributed by atoms with E-state index in [4.69, 9.17) is 0 Å². The molecule has 0 unspecified atom stereocenters. The van der Waals surface area contributed by atoms with Crippen LogP contribution in [0.1, 0.15) is 25.8 Å². The topological polar surface area (TPSA) is 38.9 Å². The van der Waals surface area contributed by atoms with Gasteiger partial charge in [-0.3, -0.25) is 0 Å². The molecule has 0 radical (unpaired) electrons. The molecule has 0 bridgehead atoms. The van der Waals surface area contributed by atoms with Gasteiger partial charge < -0.3 is 0 Å². The molecule has 0 saturated carbocycles. The van der Waals surface area contributed by atoms with Gasteiger partial charge in [0.05, 0.1) is 0 Å². The van der Waals surface area contributed by atoms with Gasteiger partial charge in [0.1, 0.15) is 11.0 Å². The molecule has 1 aromatic heterocycles. The molecule has 13 heavy (non-hydrogen) atoms. The van der Waals surface area contributed by atoms with Crippen LogP contribution in [-0.2, 0) is 0 Å². The number of hydrogen-bond donors (Lipinski definition) is 0. The first-order valence-corrected chi connectivity index (χ1v) is 4.46. The van der Waals surface area contributed by atoms with Gasteiger partial charge in [-0.05, 0) is 34.9 Å². The smallest absolute Gasteiger partial charge is 0.135 e. The maximum absolute atomic E-state index is 4.52. The quantitative estimate of drug-likeness (QED) is 0.622. The van der Waals surface area contributed by atoms with E-state index in [0.29, 0.717) is 0 Å². The molecule has 0 aliphatic rings. The van der Waals surface area contributed by atoms with E-state index in [-0.39, 0.29) is 0 Å². The lowest BCUT2D eigenvalue weighted by molar-refractivity contribution is 0.315. The summed E-state index contributed by atoms with van der Waals surface area (Å²) in [5.74, 6) is 0. The lowest BCUT2D eigenvalue weighted by Gasteiger charge is -1.85. The standard InChI is InChI=1S/C7H6N2O.C3H8/c1-5-2-3-6-7(4-5)9-10-8-6;1-3-2/h2-4H,1H3;3H2,1-2H3. The summed E-state index contributed by atoms with van der Waals surface area (Å²) >= 11 is 0. The molecule has 0 N–H and O–H groups in total. The van der Waals surface area contributed by atoms with Crippen molar-refractivity contribution in [1.82, 2.24) is 10.3 Å². The van der Waals surface area contributed by atoms with Crippen LogP contribution in [0.15, 0.2) is 22.8 Å². The van der Waals surface area contributed by atoms with Crippen molar-refractivity contribution in [2.45, 2.75) is 27.2 Å². The molecule has 0 amide bonds. The van der Waals surface area contributed by atoms with E-state index in [1.165, 1.54) is 12.0 Å². The Hall–Kier alpha value is -1.38. The Bertz CT molecular complexity index is 368. The Kier molecular flexibility index (Phi) is 3.43. The minimum Gasteiger partial charge on any atom is -0.243 e. The number of hydrogen-bond acceptors (Lipinski definition) is 3. The molecule has 0 aliphatic carbocycles. The molecule has 0 saturated heterocycles. The van der Waals surface area contributed by atoms with Crippen molar-refractivity contribution in [3.63, 3.8) is 0 Å². The summed E-state index contributed by atoms with van der Waals surface area (Å²) in [6.45, 7) is 6.26. The summed E-state index contributed by atoms with van der Waals surface area (Å²) < 4.78 is 4.52. The number of aromatic nitrogens is 2. The van der Waals surface area contributed by atoms with E-state index in [0.717, 1.165) is 11.0 Å². The van der Waals surface area contributed by atoms with Gasteiger partial charge >= 0.3 is 0 Å². The van der Waals surface area contributed by atoms with Crippen LogP contribution in [-0.4, -0.2) is 10.3 Å². The number of benzene rings is 1. The largest absolute Gasteiger partial charge is 0.243 e. The van der Waals surface area contributed by atoms with E-state index in [9.17, 15) is 0 Å². The van der Waals surface area contributed by atoms with Crippen LogP contribution >= 0.6 is 0 Å². The van der Waals surface area contributed by atoms with Gasteiger partial charge in [-0.2, -0.15) is 0 Å². The molecule has 0 atom stereocenters. The van der Waals surface area contributed by atoms with Gasteiger partial charge in [-0.25, -0.2) is 4.63 Å². The van der Waals surface area contributed by atoms with Crippen LogP contribution in [0, 0.1) is 6.92 Å². The predicted octanol–water partition coefficient (Wildman–Crippen LogP) is 2.95. The molecule has 1 heterocycles. The molecule has 0 spiro atoms. The molecule has 3 nitrogen and oxygen atoms in total. The highest BCUT2D eigenvalue weighted by atomic mass is 16.6. The lowest BCUT2D eigenvalue weighted by atomic mass is 10.2. The van der Waals surface area contributed by atoms with Gasteiger partial charge in [0.25, 0.3) is 0 Å². The fourth-order valence-electron chi connectivity index (χ4n) is 0.892. The second-order valence-corrected chi connectivity index (χ2v) is 2.96. The highest BCUT2D eigenvalue weighted by molar-refractivity contribution is 5.73. The van der Waals surface area contributed by atoms with Crippen molar-refractivity contribution in [2.75, 3.05) is 0 Å². The van der Waals surface area contributed by atoms with Crippen LogP contribution in [0.4, 0.5) is 0 Å². The normalized spacial score (nSPS) is 9.46. The SMILES string of the molecule is CCC.Cc1ccc2nonc2c1. The summed E-state index contributed by atoms with van der Waals surface area (Å²) in [6, 6.07) is 5.81. The van der Waals surface area contributed by atoms with Crippen molar-refractivity contribution >= 4 is 11.0 Å². The first-order valence-electron chi connectivity index (χ1n) is 4.46. The van der Waals surface area contributed by atoms with Crippen LogP contribution in [0.5, 0.6) is 0 Å². The first kappa shape index (κ1) is 9.71. The zero-order valence-corrected chi connectivity index (χ0v) is 8.24. The average molecular weight is 178 g/mol. The Balaban J connectivity index is 0.000000251. The van der Waals surface area contributed by atoms with Crippen LogP contribution in [0.3, 0.4) is 0 Å². The van der Waals surface area contributed by atoms with Crippen molar-refractivity contribution < 1.29 is 4.63 Å². The van der Waals surface area contributed by atoms with Crippen molar-refractivity contribution in [3.05, 3.63) is 23.8 Å². The molecular weight excluding hydrogens is 164 g/mol. The maximum atomic E-state index is 4.52. The zero-order valence-electron chi connectivity index (χ0n) is 8.24. The molecule has 2 aromatic rings. The monoisotopic (exact) mass is 178 g/mol. The van der Waals surface area contributed by atoms with Crippen LogP contribution in [0.2, 0.25) is 0 Å². The minimum atomic E-state index is 0.811. The second-order valence-electron chi connectivity index (χ2n) is 2.96. The van der Waals surface area contributed by atoms with Gasteiger partial charge in [-0.1, -0.05) is 26.3 Å². The molecule has 1 aromatic carbocycles. The number of fused-ring (bicyclic) bond motifs is 1. The van der Waals surface area contributed by atoms with E-state index >= 15 is 0 Å². The predicted molar refractivity (Wildman–Crippen MR) is 52.5 cm³/mol. The average Bonchev–Trinajstić information content (AvgIpc) is 2.52. The van der Waals surface area contributed by atoms with Crippen molar-refractivity contribution in [2.24, 2.45) is 0 Å². The Labute approximate surface area is 77.7 Å². The zero-order chi connectivity index (χ0) is 9.68. The maximum Gasteiger partial charge on any atom is 0.135 e. The fourth-order valence-corrected chi connectivity index (χ4v) is 0.892. The van der Waals surface area contributed by atoms with Gasteiger partial charge in [0.2, 0.25) is 0 Å². The van der Waals surface area contributed by atoms with Crippen LogP contribution in [0.25, 0.3) is 11.0 Å². The third kappa shape index (κ3) is 2.54. The van der Waals surface area contributed by atoms with E-state index < -0.39 is 0 Å². The van der Waals surface area contributed by atoms with Gasteiger partial charge in [-0.15, -0.1) is 0 Å². The van der Waals surface area contributed by atoms with Crippen molar-refractivity contribution in [1.29, 1.82) is 0 Å². The molecule has 3 heteroatoms. The Morgan fingerprint density at radius 2 is 1.77 bits per heavy atom. The summed E-state index contributed by atoms with van der Waals surface area (Å²) in [5.41, 5.74) is 2.80. The summed E-state index contributed by atoms with van der Waals surface area (Å²) in [5, 5.41) is 7.37. The van der Waals surface area contributed by atoms with E-state index in [1.54, 1.807) is 0 Å². The van der Waals surface area contributed by atoms with Crippen molar-refractivity contribution in [3.8, 4) is 0 Å². The summed E-state index contributed by atoms with van der Waals surface area (Å²) in [6.07, 6.45) is 1.25. The minimum absolute atomic E-state index is 0.811. The second kappa shape index (κ2) is 4.60. The number of aryl methyl sites for hydroxylation is 1. The Morgan fingerprint density at radius 3 is 2.46 bits per heavy atom. The third-order valence-electron chi connectivity index (χ3n) is 1.41. The van der Waals surface area contributed by atoms with E-state index in [2.05, 4.69) is 28.8 Å². The summed E-state index contributed by atoms with van der Waals surface area (Å²) in [7, 11) is 0. The van der Waals surface area contributed by atoms with Gasteiger partial charge in [0, 0.05) is 0 Å². The Morgan fingerprint density at radius 1 is 1.15 bits per heavy atom. The molecular formula is C10H14N2O. The molecule has 70 valence electrons. The fraction of sp³-hybridized carbons (Fsp3) is 0.400. The third-order valence-corrected chi connectivity index (χ3v) is 1.41. The van der Waals surface area contributed by atoms with E-state index in [1.807, 2.05) is 25.1 Å². The molecule has 2 rings (SSSR count). The lowest BCUT2D eigenvalue weighted by Crippen LogP contribution is -1.71. The highest BCUT2D eigenvalue weighted by Gasteiger charge is 1.96. The molecule has 0 fully saturated rings. The first-order chi connectivity index (χ1) is 6.27. The number of rotatable bonds is 0. The highest BCUT2D eigenvalue weighted by Crippen LogP contribution is 2.09. The number of nitrogens with zero attached hydrogens (tertiary/aromatic N) is 2. The summed E-state index contributed by atoms with van der Waals surface area (Å²) in [4.78, 5) is 0. The van der Waals surface area contributed by atoms with Gasteiger partial charge in [0.15, 0.2) is 0 Å².